The fourth-order valence-corrected chi connectivity index (χ4v) is 7.00. The molecule has 0 bridgehead atoms. The normalized spacial score (nSPS) is 11.5. The third-order valence-corrected chi connectivity index (χ3v) is 9.50. The van der Waals surface area contributed by atoms with Crippen LogP contribution in [0.2, 0.25) is 0 Å². The average Bonchev–Trinajstić information content (AvgIpc) is 2.97. The quantitative estimate of drug-likeness (QED) is 0.221. The van der Waals surface area contributed by atoms with Crippen LogP contribution in [0.1, 0.15) is 6.92 Å². The van der Waals surface area contributed by atoms with Crippen LogP contribution in [-0.4, -0.2) is 67.3 Å². The molecule has 0 aromatic heterocycles. The van der Waals surface area contributed by atoms with Gasteiger partial charge in [0.1, 0.15) is 14.1 Å². The Morgan fingerprint density at radius 2 is 1.25 bits per heavy atom. The van der Waals surface area contributed by atoms with E-state index in [1.165, 1.54) is 20.6 Å². The van der Waals surface area contributed by atoms with Crippen molar-refractivity contribution >= 4 is 67.7 Å². The minimum Gasteiger partial charge on any atom is -1.00 e. The van der Waals surface area contributed by atoms with E-state index in [0.29, 0.717) is 0 Å². The highest BCUT2D eigenvalue weighted by molar-refractivity contribution is 7.99. The smallest absolute Gasteiger partial charge is 0.228 e. The van der Waals surface area contributed by atoms with Crippen molar-refractivity contribution < 1.29 is 17.2 Å². The Morgan fingerprint density at radius 3 is 1.75 bits per heavy atom. The summed E-state index contributed by atoms with van der Waals surface area (Å²) >= 11 is 3.52. The number of carbonyl (C=O) groups is 1. The lowest BCUT2D eigenvalue weighted by atomic mass is 10.2. The Kier molecular flexibility index (Phi) is 10.1. The monoisotopic (exact) mass is 646 g/mol. The van der Waals surface area contributed by atoms with Gasteiger partial charge in [0.25, 0.3) is 0 Å². The van der Waals surface area contributed by atoms with E-state index in [1.807, 2.05) is 40.3 Å². The first-order chi connectivity index (χ1) is 20.4. The van der Waals surface area contributed by atoms with Crippen molar-refractivity contribution in [1.29, 1.82) is 0 Å². The number of halogens is 1. The standard InChI is InChI=1S/C18H21N3OS.C16H18N3S.ClH/c1-12(22)21-15-8-6-13(19(2)3)10-17(15)23-18-11-14(20(4)5)7-9-16(18)21;1-18(2)11-5-7-13-15(9-11)20-16-10-12(19(3)4)6-8-14(16)17-13;/h6-11H,1-5H3;5-10H,1-4H3;1H/q;+1;/p-1. The maximum Gasteiger partial charge on any atom is 0.228 e. The zero-order valence-electron chi connectivity index (χ0n) is 26.7. The Morgan fingerprint density at radius 1 is 0.727 bits per heavy atom. The van der Waals surface area contributed by atoms with E-state index in [1.54, 1.807) is 34.9 Å². The van der Waals surface area contributed by atoms with Gasteiger partial charge in [-0.2, -0.15) is 0 Å². The highest BCUT2D eigenvalue weighted by Crippen LogP contribution is 2.50. The molecule has 6 rings (SSSR count). The van der Waals surface area contributed by atoms with Crippen molar-refractivity contribution in [2.45, 2.75) is 16.7 Å². The summed E-state index contributed by atoms with van der Waals surface area (Å²) in [6.45, 7) is 1.61. The molecule has 0 radical (unpaired) electrons. The third-order valence-electron chi connectivity index (χ3n) is 7.32. The van der Waals surface area contributed by atoms with Crippen molar-refractivity contribution in [3.05, 3.63) is 78.2 Å². The van der Waals surface area contributed by atoms with Crippen LogP contribution in [0.5, 0.6) is 0 Å². The molecule has 2 heterocycles. The van der Waals surface area contributed by atoms with Crippen molar-refractivity contribution in [2.24, 2.45) is 0 Å². The Balaban J connectivity index is 0.000000198. The highest BCUT2D eigenvalue weighted by Gasteiger charge is 2.27. The number of aromatic nitrogens is 1. The molecular weight excluding hydrogens is 608 g/mol. The molecule has 44 heavy (non-hydrogen) atoms. The lowest BCUT2D eigenvalue weighted by Gasteiger charge is -2.32. The second-order valence-corrected chi connectivity index (χ2v) is 13.5. The van der Waals surface area contributed by atoms with Gasteiger partial charge in [-0.25, -0.2) is 9.56 Å². The van der Waals surface area contributed by atoms with E-state index in [2.05, 4.69) is 108 Å². The average molecular weight is 647 g/mol. The molecule has 2 aliphatic heterocycles. The molecule has 0 spiro atoms. The van der Waals surface area contributed by atoms with Gasteiger partial charge in [0.2, 0.25) is 11.3 Å². The summed E-state index contributed by atoms with van der Waals surface area (Å²) in [5, 5.41) is 1.21. The fraction of sp³-hybridized carbons (Fsp3) is 0.265. The number of rotatable bonds is 3. The molecule has 0 saturated heterocycles. The largest absolute Gasteiger partial charge is 1.00 e. The minimum atomic E-state index is 0. The van der Waals surface area contributed by atoms with Gasteiger partial charge in [-0.1, -0.05) is 11.8 Å². The van der Waals surface area contributed by atoms with Gasteiger partial charge in [-0.05, 0) is 60.7 Å². The SMILES string of the molecule is CC(=O)N1c2ccc(N(C)C)cc2Sc2cc(N(C)C)ccc21.CN(C)c1ccc2nc3ccc(=[N+](C)C)cc-3sc2c1.[Cl-]. The molecule has 0 saturated carbocycles. The van der Waals surface area contributed by atoms with Crippen LogP contribution in [0.4, 0.5) is 28.4 Å². The first-order valence-corrected chi connectivity index (χ1v) is 15.7. The van der Waals surface area contributed by atoms with Crippen LogP contribution in [0.25, 0.3) is 20.8 Å². The van der Waals surface area contributed by atoms with Gasteiger partial charge >= 0.3 is 0 Å². The van der Waals surface area contributed by atoms with E-state index in [0.717, 1.165) is 43.8 Å². The number of benzene rings is 4. The van der Waals surface area contributed by atoms with E-state index >= 15 is 0 Å². The maximum atomic E-state index is 12.3. The summed E-state index contributed by atoms with van der Waals surface area (Å²) in [7, 11) is 16.3. The van der Waals surface area contributed by atoms with Crippen LogP contribution in [0.15, 0.2) is 82.6 Å². The number of hydrogen-bond donors (Lipinski definition) is 0. The molecule has 230 valence electrons. The molecule has 0 fully saturated rings. The van der Waals surface area contributed by atoms with E-state index in [4.69, 9.17) is 4.98 Å². The van der Waals surface area contributed by atoms with Gasteiger partial charge in [-0.15, -0.1) is 11.3 Å². The van der Waals surface area contributed by atoms with Gasteiger partial charge in [0, 0.05) is 88.2 Å². The van der Waals surface area contributed by atoms with Gasteiger partial charge in [-0.3, -0.25) is 9.69 Å². The summed E-state index contributed by atoms with van der Waals surface area (Å²) in [5.74, 6) is 0.0306. The minimum absolute atomic E-state index is 0. The van der Waals surface area contributed by atoms with Gasteiger partial charge in [0.15, 0.2) is 0 Å². The molecule has 0 unspecified atom stereocenters. The van der Waals surface area contributed by atoms with Crippen LogP contribution in [0, 0.1) is 0 Å². The lowest BCUT2D eigenvalue weighted by molar-refractivity contribution is -0.115. The van der Waals surface area contributed by atoms with Crippen LogP contribution >= 0.6 is 23.1 Å². The molecule has 3 aromatic carbocycles. The van der Waals surface area contributed by atoms with Crippen molar-refractivity contribution in [3.8, 4) is 10.6 Å². The van der Waals surface area contributed by atoms with Crippen molar-refractivity contribution in [3.63, 3.8) is 0 Å². The number of fused-ring (bicyclic) bond motifs is 4. The lowest BCUT2D eigenvalue weighted by Crippen LogP contribution is -3.00. The van der Waals surface area contributed by atoms with Crippen LogP contribution in [0.3, 0.4) is 0 Å². The molecule has 3 aromatic rings. The fourth-order valence-electron chi connectivity index (χ4n) is 4.84. The number of amides is 1. The Bertz CT molecular complexity index is 1810. The predicted octanol–water partition coefficient (Wildman–Crippen LogP) is 3.47. The van der Waals surface area contributed by atoms with E-state index in [-0.39, 0.29) is 18.3 Å². The second kappa shape index (κ2) is 13.5. The molecule has 7 nitrogen and oxygen atoms in total. The van der Waals surface area contributed by atoms with Crippen molar-refractivity contribution in [2.75, 3.05) is 76.0 Å². The Labute approximate surface area is 274 Å². The molecule has 0 atom stereocenters. The number of nitrogens with zero attached hydrogens (tertiary/aromatic N) is 6. The highest BCUT2D eigenvalue weighted by atomic mass is 35.5. The molecule has 1 aliphatic carbocycles. The molecule has 0 N–H and O–H groups in total. The van der Waals surface area contributed by atoms with Crippen molar-refractivity contribution in [1.82, 2.24) is 9.56 Å². The summed E-state index contributed by atoms with van der Waals surface area (Å²) in [5.41, 5.74) is 7.51. The second-order valence-electron chi connectivity index (χ2n) is 11.4. The van der Waals surface area contributed by atoms with E-state index in [9.17, 15) is 4.79 Å². The molecule has 1 amide bonds. The Hall–Kier alpha value is -3.79. The molecular formula is C34H39ClN6OS2. The first kappa shape index (κ1) is 33.1. The molecule has 3 aliphatic rings. The van der Waals surface area contributed by atoms with Gasteiger partial charge in [0.05, 0.1) is 32.2 Å². The summed E-state index contributed by atoms with van der Waals surface area (Å²) in [6.07, 6.45) is 0. The van der Waals surface area contributed by atoms with Crippen LogP contribution < -0.4 is 41.9 Å². The van der Waals surface area contributed by atoms with Crippen LogP contribution in [-0.2, 0) is 4.79 Å². The summed E-state index contributed by atoms with van der Waals surface area (Å²) in [6, 6.07) is 25.3. The predicted molar refractivity (Wildman–Crippen MR) is 186 cm³/mol. The summed E-state index contributed by atoms with van der Waals surface area (Å²) < 4.78 is 3.34. The number of anilines is 5. The van der Waals surface area contributed by atoms with Gasteiger partial charge < -0.3 is 27.1 Å². The topological polar surface area (TPSA) is 45.9 Å². The summed E-state index contributed by atoms with van der Waals surface area (Å²) in [4.78, 5) is 28.5. The number of hydrogen-bond acceptors (Lipinski definition) is 7. The number of carbonyl (C=O) groups excluding carboxylic acids is 1. The zero-order valence-corrected chi connectivity index (χ0v) is 29.1. The molecule has 10 heteroatoms. The first-order valence-electron chi connectivity index (χ1n) is 14.1. The third kappa shape index (κ3) is 6.80. The maximum absolute atomic E-state index is 12.3. The zero-order chi connectivity index (χ0) is 31.0. The van der Waals surface area contributed by atoms with E-state index < -0.39 is 0 Å².